The Morgan fingerprint density at radius 3 is 2.89 bits per heavy atom. The Hall–Kier alpha value is -1.67. The first-order chi connectivity index (χ1) is 9.22. The number of nitrogens with one attached hydrogen (secondary N) is 1. The largest absolute Gasteiger partial charge is 0.396 e. The summed E-state index contributed by atoms with van der Waals surface area (Å²) < 4.78 is 1.59. The second-order valence-electron chi connectivity index (χ2n) is 3.88. The quantitative estimate of drug-likeness (QED) is 0.762. The number of hydrogen-bond acceptors (Lipinski definition) is 7. The maximum Gasteiger partial charge on any atom is 0.256 e. The zero-order valence-electron chi connectivity index (χ0n) is 10.8. The number of nitrogens with zero attached hydrogens (tertiary/aromatic N) is 5. The van der Waals surface area contributed by atoms with E-state index in [1.807, 2.05) is 13.0 Å². The highest BCUT2D eigenvalue weighted by Crippen LogP contribution is 2.22. The van der Waals surface area contributed by atoms with Crippen LogP contribution in [0.5, 0.6) is 0 Å². The van der Waals surface area contributed by atoms with Gasteiger partial charge in [0, 0.05) is 31.3 Å². The minimum Gasteiger partial charge on any atom is -0.396 e. The molecule has 2 heterocycles. The van der Waals surface area contributed by atoms with E-state index in [1.54, 1.807) is 24.1 Å². The van der Waals surface area contributed by atoms with Crippen molar-refractivity contribution in [1.82, 2.24) is 24.7 Å². The number of anilines is 1. The van der Waals surface area contributed by atoms with Crippen LogP contribution in [0.15, 0.2) is 23.6 Å². The van der Waals surface area contributed by atoms with Gasteiger partial charge in [0.05, 0.1) is 0 Å². The second kappa shape index (κ2) is 6.48. The monoisotopic (exact) mass is 280 g/mol. The summed E-state index contributed by atoms with van der Waals surface area (Å²) in [5, 5.41) is 16.8. The normalized spacial score (nSPS) is 12.4. The molecule has 0 spiro atoms. The lowest BCUT2D eigenvalue weighted by atomic mass is 10.4. The van der Waals surface area contributed by atoms with Gasteiger partial charge in [0.15, 0.2) is 5.16 Å². The van der Waals surface area contributed by atoms with E-state index < -0.39 is 0 Å². The van der Waals surface area contributed by atoms with E-state index in [9.17, 15) is 0 Å². The fourth-order valence-electron chi connectivity index (χ4n) is 1.42. The lowest BCUT2D eigenvalue weighted by molar-refractivity contribution is 0.289. The first-order valence-corrected chi connectivity index (χ1v) is 6.82. The molecule has 1 unspecified atom stereocenters. The van der Waals surface area contributed by atoms with Gasteiger partial charge in [-0.25, -0.2) is 4.68 Å². The summed E-state index contributed by atoms with van der Waals surface area (Å²) in [6.07, 6.45) is 4.15. The minimum absolute atomic E-state index is 0.157. The summed E-state index contributed by atoms with van der Waals surface area (Å²) in [5.74, 6) is 0.974. The second-order valence-corrected chi connectivity index (χ2v) is 5.29. The standard InChI is InChI=1S/C11H16N6OS/c1-8(4-7-18)19-11-15-9(12-2)14-10(16-11)17-6-3-5-13-17/h3,5-6,8,18H,4,7H2,1-2H3,(H,12,14,15,16). The highest BCUT2D eigenvalue weighted by Gasteiger charge is 2.11. The minimum atomic E-state index is 0.157. The summed E-state index contributed by atoms with van der Waals surface area (Å²) in [7, 11) is 1.76. The van der Waals surface area contributed by atoms with Crippen molar-refractivity contribution in [1.29, 1.82) is 0 Å². The van der Waals surface area contributed by atoms with E-state index in [4.69, 9.17) is 5.11 Å². The van der Waals surface area contributed by atoms with Crippen LogP contribution >= 0.6 is 11.8 Å². The predicted octanol–water partition coefficient (Wildman–Crippen LogP) is 0.962. The van der Waals surface area contributed by atoms with Gasteiger partial charge in [0.2, 0.25) is 5.95 Å². The molecule has 2 aromatic rings. The lowest BCUT2D eigenvalue weighted by Gasteiger charge is -2.10. The molecule has 19 heavy (non-hydrogen) atoms. The number of rotatable bonds is 6. The molecule has 7 nitrogen and oxygen atoms in total. The zero-order valence-corrected chi connectivity index (χ0v) is 11.6. The number of thioether (sulfide) groups is 1. The van der Waals surface area contributed by atoms with Crippen LogP contribution in [0, 0.1) is 0 Å². The molecule has 2 N–H and O–H groups in total. The highest BCUT2D eigenvalue weighted by molar-refractivity contribution is 7.99. The number of aliphatic hydroxyl groups excluding tert-OH is 1. The molecule has 0 bridgehead atoms. The number of hydrogen-bond donors (Lipinski definition) is 2. The maximum absolute atomic E-state index is 8.93. The fourth-order valence-corrected chi connectivity index (χ4v) is 2.28. The molecule has 2 aromatic heterocycles. The Morgan fingerprint density at radius 1 is 1.42 bits per heavy atom. The van der Waals surface area contributed by atoms with Gasteiger partial charge in [-0.3, -0.25) is 0 Å². The number of aliphatic hydroxyl groups is 1. The van der Waals surface area contributed by atoms with Crippen LogP contribution < -0.4 is 5.32 Å². The van der Waals surface area contributed by atoms with Crippen LogP contribution in [0.1, 0.15) is 13.3 Å². The summed E-state index contributed by atoms with van der Waals surface area (Å²) in [6.45, 7) is 2.18. The van der Waals surface area contributed by atoms with E-state index in [2.05, 4.69) is 25.4 Å². The average Bonchev–Trinajstić information content (AvgIpc) is 2.92. The van der Waals surface area contributed by atoms with Crippen molar-refractivity contribution in [3.8, 4) is 5.95 Å². The van der Waals surface area contributed by atoms with Crippen LogP contribution in [0.4, 0.5) is 5.95 Å². The fraction of sp³-hybridized carbons (Fsp3) is 0.455. The third kappa shape index (κ3) is 3.65. The van der Waals surface area contributed by atoms with Crippen molar-refractivity contribution < 1.29 is 5.11 Å². The molecule has 0 fully saturated rings. The molecule has 0 amide bonds. The van der Waals surface area contributed by atoms with E-state index in [0.717, 1.165) is 0 Å². The Morgan fingerprint density at radius 2 is 2.26 bits per heavy atom. The van der Waals surface area contributed by atoms with Crippen LogP contribution in [-0.4, -0.2) is 48.7 Å². The van der Waals surface area contributed by atoms with E-state index in [1.165, 1.54) is 11.8 Å². The molecule has 0 saturated heterocycles. The third-order valence-electron chi connectivity index (χ3n) is 2.38. The van der Waals surface area contributed by atoms with E-state index in [-0.39, 0.29) is 11.9 Å². The van der Waals surface area contributed by atoms with Crippen molar-refractivity contribution in [3.63, 3.8) is 0 Å². The van der Waals surface area contributed by atoms with Crippen LogP contribution in [0.2, 0.25) is 0 Å². The molecule has 2 rings (SSSR count). The zero-order chi connectivity index (χ0) is 13.7. The summed E-state index contributed by atoms with van der Waals surface area (Å²) in [5.41, 5.74) is 0. The Kier molecular flexibility index (Phi) is 4.69. The third-order valence-corrected chi connectivity index (χ3v) is 3.41. The molecule has 0 aliphatic carbocycles. The first-order valence-electron chi connectivity index (χ1n) is 5.94. The molecule has 0 saturated carbocycles. The van der Waals surface area contributed by atoms with E-state index >= 15 is 0 Å². The topological polar surface area (TPSA) is 88.8 Å². The highest BCUT2D eigenvalue weighted by atomic mass is 32.2. The van der Waals surface area contributed by atoms with Crippen molar-refractivity contribution >= 4 is 17.7 Å². The van der Waals surface area contributed by atoms with Crippen molar-refractivity contribution in [2.75, 3.05) is 19.0 Å². The predicted molar refractivity (Wildman–Crippen MR) is 73.5 cm³/mol. The van der Waals surface area contributed by atoms with Gasteiger partial charge in [-0.2, -0.15) is 20.1 Å². The van der Waals surface area contributed by atoms with Gasteiger partial charge in [-0.1, -0.05) is 18.7 Å². The van der Waals surface area contributed by atoms with Crippen molar-refractivity contribution in [2.45, 2.75) is 23.8 Å². The maximum atomic E-state index is 8.93. The van der Waals surface area contributed by atoms with Crippen molar-refractivity contribution in [2.24, 2.45) is 0 Å². The van der Waals surface area contributed by atoms with Gasteiger partial charge in [0.1, 0.15) is 0 Å². The van der Waals surface area contributed by atoms with Gasteiger partial charge in [-0.05, 0) is 12.5 Å². The Labute approximate surface area is 115 Å². The van der Waals surface area contributed by atoms with Gasteiger partial charge < -0.3 is 10.4 Å². The molecule has 0 aromatic carbocycles. The van der Waals surface area contributed by atoms with Gasteiger partial charge in [-0.15, -0.1) is 0 Å². The molecule has 0 aliphatic rings. The summed E-state index contributed by atoms with van der Waals surface area (Å²) in [4.78, 5) is 12.9. The Bertz CT molecular complexity index is 518. The first kappa shape index (κ1) is 13.8. The SMILES string of the molecule is CNc1nc(SC(C)CCO)nc(-n2cccn2)n1. The lowest BCUT2D eigenvalue weighted by Crippen LogP contribution is -2.09. The smallest absolute Gasteiger partial charge is 0.256 e. The molecule has 8 heteroatoms. The summed E-state index contributed by atoms with van der Waals surface area (Å²) in [6, 6.07) is 1.81. The molecule has 102 valence electrons. The molecule has 0 aliphatic heterocycles. The van der Waals surface area contributed by atoms with Crippen LogP contribution in [-0.2, 0) is 0 Å². The van der Waals surface area contributed by atoms with Gasteiger partial charge >= 0.3 is 0 Å². The van der Waals surface area contributed by atoms with E-state index in [0.29, 0.717) is 23.5 Å². The average molecular weight is 280 g/mol. The van der Waals surface area contributed by atoms with Gasteiger partial charge in [0.25, 0.3) is 5.95 Å². The number of aromatic nitrogens is 5. The Balaban J connectivity index is 2.26. The molecule has 0 radical (unpaired) electrons. The molecular weight excluding hydrogens is 264 g/mol. The van der Waals surface area contributed by atoms with Crippen molar-refractivity contribution in [3.05, 3.63) is 18.5 Å². The summed E-state index contributed by atoms with van der Waals surface area (Å²) >= 11 is 1.51. The van der Waals surface area contributed by atoms with Crippen LogP contribution in [0.25, 0.3) is 5.95 Å². The van der Waals surface area contributed by atoms with Crippen LogP contribution in [0.3, 0.4) is 0 Å². The molecule has 1 atom stereocenters. The molecular formula is C11H16N6OS.